The largest absolute Gasteiger partial charge is 0.504 e. The topological polar surface area (TPSA) is 68.9 Å². The van der Waals surface area contributed by atoms with Gasteiger partial charge in [-0.1, -0.05) is 0 Å². The highest BCUT2D eigenvalue weighted by Gasteiger charge is 2.23. The molecular formula is C9H12O5. The third-order valence-corrected chi connectivity index (χ3v) is 1.49. The van der Waals surface area contributed by atoms with Gasteiger partial charge in [0.2, 0.25) is 0 Å². The van der Waals surface area contributed by atoms with Crippen molar-refractivity contribution in [3.05, 3.63) is 11.8 Å². The zero-order chi connectivity index (χ0) is 10.6. The third-order valence-electron chi connectivity index (χ3n) is 1.49. The van der Waals surface area contributed by atoms with E-state index >= 15 is 0 Å². The molecular weight excluding hydrogens is 188 g/mol. The number of carbonyl (C=O) groups is 1. The summed E-state index contributed by atoms with van der Waals surface area (Å²) >= 11 is 0. The zero-order valence-electron chi connectivity index (χ0n) is 8.07. The molecule has 0 amide bonds. The summed E-state index contributed by atoms with van der Waals surface area (Å²) < 4.78 is 14.5. The fourth-order valence-electron chi connectivity index (χ4n) is 0.960. The highest BCUT2D eigenvalue weighted by molar-refractivity contribution is 5.94. The summed E-state index contributed by atoms with van der Waals surface area (Å²) in [7, 11) is 0. The monoisotopic (exact) mass is 200 g/mol. The summed E-state index contributed by atoms with van der Waals surface area (Å²) in [5.41, 5.74) is -0.0614. The maximum atomic E-state index is 11.3. The minimum Gasteiger partial charge on any atom is -0.504 e. The second-order valence-corrected chi connectivity index (χ2v) is 2.44. The Bertz CT molecular complexity index is 315. The van der Waals surface area contributed by atoms with Crippen LogP contribution in [0.15, 0.2) is 10.7 Å². The van der Waals surface area contributed by atoms with Crippen LogP contribution in [0.25, 0.3) is 0 Å². The average molecular weight is 200 g/mol. The van der Waals surface area contributed by atoms with Gasteiger partial charge in [-0.05, 0) is 13.8 Å². The Hall–Kier alpha value is -1.65. The van der Waals surface area contributed by atoms with Crippen LogP contribution in [0, 0.1) is 0 Å². The number of ether oxygens (including phenoxy) is 2. The van der Waals surface area contributed by atoms with Gasteiger partial charge < -0.3 is 19.0 Å². The first kappa shape index (κ1) is 10.4. The molecule has 1 heterocycles. The quantitative estimate of drug-likeness (QED) is 0.747. The van der Waals surface area contributed by atoms with E-state index in [0.29, 0.717) is 6.61 Å². The lowest BCUT2D eigenvalue weighted by molar-refractivity contribution is 0.0516. The van der Waals surface area contributed by atoms with Crippen LogP contribution in [0.1, 0.15) is 24.2 Å². The predicted molar refractivity (Wildman–Crippen MR) is 47.5 cm³/mol. The first-order valence-electron chi connectivity index (χ1n) is 4.31. The van der Waals surface area contributed by atoms with Crippen molar-refractivity contribution in [1.82, 2.24) is 0 Å². The molecule has 0 saturated heterocycles. The lowest BCUT2D eigenvalue weighted by Crippen LogP contribution is -2.06. The maximum Gasteiger partial charge on any atom is 0.349 e. The van der Waals surface area contributed by atoms with Gasteiger partial charge in [0.05, 0.1) is 13.2 Å². The molecule has 0 unspecified atom stereocenters. The van der Waals surface area contributed by atoms with Crippen molar-refractivity contribution in [2.75, 3.05) is 13.2 Å². The van der Waals surface area contributed by atoms with Gasteiger partial charge in [0.25, 0.3) is 0 Å². The number of furan rings is 1. The molecule has 0 spiro atoms. The first-order chi connectivity index (χ1) is 6.70. The van der Waals surface area contributed by atoms with Gasteiger partial charge in [-0.3, -0.25) is 0 Å². The van der Waals surface area contributed by atoms with E-state index in [1.807, 2.05) is 0 Å². The van der Waals surface area contributed by atoms with E-state index in [4.69, 9.17) is 13.9 Å². The SMILES string of the molecule is CCOC(=O)c1c(O)coc1OCC. The van der Waals surface area contributed by atoms with Crippen LogP contribution >= 0.6 is 0 Å². The standard InChI is InChI=1S/C9H12O5/c1-3-12-8(11)7-6(10)5-14-9(7)13-4-2/h5,10H,3-4H2,1-2H3. The van der Waals surface area contributed by atoms with Crippen LogP contribution in [-0.2, 0) is 4.74 Å². The highest BCUT2D eigenvalue weighted by atomic mass is 16.6. The molecule has 0 saturated carbocycles. The molecule has 0 bridgehead atoms. The Labute approximate surface area is 81.2 Å². The Morgan fingerprint density at radius 3 is 2.79 bits per heavy atom. The number of hydrogen-bond donors (Lipinski definition) is 1. The number of aromatic hydroxyl groups is 1. The minimum atomic E-state index is -0.651. The van der Waals surface area contributed by atoms with Crippen molar-refractivity contribution in [1.29, 1.82) is 0 Å². The van der Waals surface area contributed by atoms with E-state index < -0.39 is 5.97 Å². The smallest absolute Gasteiger partial charge is 0.349 e. The third kappa shape index (κ3) is 1.99. The Morgan fingerprint density at radius 2 is 2.21 bits per heavy atom. The molecule has 0 radical (unpaired) electrons. The van der Waals surface area contributed by atoms with Crippen LogP contribution < -0.4 is 4.74 Å². The maximum absolute atomic E-state index is 11.3. The van der Waals surface area contributed by atoms with Gasteiger partial charge in [0, 0.05) is 0 Å². The molecule has 0 fully saturated rings. The zero-order valence-corrected chi connectivity index (χ0v) is 8.07. The summed E-state index contributed by atoms with van der Waals surface area (Å²) in [6.45, 7) is 4.00. The molecule has 0 aliphatic heterocycles. The molecule has 0 aliphatic rings. The summed E-state index contributed by atoms with van der Waals surface area (Å²) in [5, 5.41) is 9.28. The van der Waals surface area contributed by atoms with E-state index in [9.17, 15) is 9.90 Å². The van der Waals surface area contributed by atoms with Crippen LogP contribution in [-0.4, -0.2) is 24.3 Å². The van der Waals surface area contributed by atoms with Crippen molar-refractivity contribution in [3.63, 3.8) is 0 Å². The van der Waals surface area contributed by atoms with Gasteiger partial charge in [0.15, 0.2) is 11.3 Å². The number of esters is 1. The van der Waals surface area contributed by atoms with Crippen LogP contribution in [0.2, 0.25) is 0 Å². The van der Waals surface area contributed by atoms with Crippen molar-refractivity contribution >= 4 is 5.97 Å². The molecule has 0 aromatic carbocycles. The van der Waals surface area contributed by atoms with E-state index in [1.165, 1.54) is 0 Å². The van der Waals surface area contributed by atoms with E-state index in [2.05, 4.69) is 0 Å². The van der Waals surface area contributed by atoms with E-state index in [0.717, 1.165) is 6.26 Å². The summed E-state index contributed by atoms with van der Waals surface area (Å²) in [6, 6.07) is 0. The molecule has 5 nitrogen and oxygen atoms in total. The second-order valence-electron chi connectivity index (χ2n) is 2.44. The van der Waals surface area contributed by atoms with Crippen molar-refractivity contribution in [2.45, 2.75) is 13.8 Å². The van der Waals surface area contributed by atoms with E-state index in [-0.39, 0.29) is 23.9 Å². The fourth-order valence-corrected chi connectivity index (χ4v) is 0.960. The molecule has 78 valence electrons. The normalized spacial score (nSPS) is 9.86. The molecule has 14 heavy (non-hydrogen) atoms. The molecule has 1 rings (SSSR count). The Balaban J connectivity index is 2.92. The molecule has 0 aliphatic carbocycles. The van der Waals surface area contributed by atoms with Crippen molar-refractivity contribution in [3.8, 4) is 11.7 Å². The van der Waals surface area contributed by atoms with Crippen molar-refractivity contribution < 1.29 is 23.8 Å². The minimum absolute atomic E-state index is 0.0107. The fraction of sp³-hybridized carbons (Fsp3) is 0.444. The number of rotatable bonds is 4. The molecule has 0 atom stereocenters. The predicted octanol–water partition coefficient (Wildman–Crippen LogP) is 1.56. The van der Waals surface area contributed by atoms with Crippen LogP contribution in [0.3, 0.4) is 0 Å². The molecule has 1 aromatic rings. The lowest BCUT2D eigenvalue weighted by atomic mass is 10.3. The first-order valence-corrected chi connectivity index (χ1v) is 4.31. The number of hydrogen-bond acceptors (Lipinski definition) is 5. The summed E-state index contributed by atoms with van der Waals surface area (Å²) in [6.07, 6.45) is 1.04. The second kappa shape index (κ2) is 4.55. The highest BCUT2D eigenvalue weighted by Crippen LogP contribution is 2.30. The lowest BCUT2D eigenvalue weighted by Gasteiger charge is -2.02. The van der Waals surface area contributed by atoms with Gasteiger partial charge in [0.1, 0.15) is 6.26 Å². The van der Waals surface area contributed by atoms with Crippen molar-refractivity contribution in [2.24, 2.45) is 0 Å². The molecule has 1 aromatic heterocycles. The Kier molecular flexibility index (Phi) is 3.39. The van der Waals surface area contributed by atoms with Gasteiger partial charge in [-0.15, -0.1) is 0 Å². The molecule has 5 heteroatoms. The average Bonchev–Trinajstić information content (AvgIpc) is 2.48. The summed E-state index contributed by atoms with van der Waals surface area (Å²) in [4.78, 5) is 11.3. The van der Waals surface area contributed by atoms with Gasteiger partial charge >= 0.3 is 11.9 Å². The van der Waals surface area contributed by atoms with Crippen LogP contribution in [0.4, 0.5) is 0 Å². The Morgan fingerprint density at radius 1 is 1.50 bits per heavy atom. The van der Waals surface area contributed by atoms with E-state index in [1.54, 1.807) is 13.8 Å². The van der Waals surface area contributed by atoms with Crippen LogP contribution in [0.5, 0.6) is 11.7 Å². The number of carbonyl (C=O) groups excluding carboxylic acids is 1. The molecule has 1 N–H and O–H groups in total. The van der Waals surface area contributed by atoms with Gasteiger partial charge in [-0.2, -0.15) is 0 Å². The van der Waals surface area contributed by atoms with Gasteiger partial charge in [-0.25, -0.2) is 4.79 Å². The summed E-state index contributed by atoms with van der Waals surface area (Å²) in [5.74, 6) is -0.933.